The summed E-state index contributed by atoms with van der Waals surface area (Å²) in [6.45, 7) is 3.01. The Bertz CT molecular complexity index is 365. The second-order valence-corrected chi connectivity index (χ2v) is 6.01. The molecular formula is C14H21NO2. The highest BCUT2D eigenvalue weighted by molar-refractivity contribution is 5.84. The summed E-state index contributed by atoms with van der Waals surface area (Å²) in [6, 6.07) is 0. The van der Waals surface area contributed by atoms with Crippen LogP contribution in [0.1, 0.15) is 51.9 Å². The van der Waals surface area contributed by atoms with Crippen molar-refractivity contribution >= 4 is 11.7 Å². The van der Waals surface area contributed by atoms with E-state index in [0.717, 1.165) is 38.6 Å². The number of hydrogen-bond donors (Lipinski definition) is 0. The molecule has 0 aromatic heterocycles. The topological polar surface area (TPSA) is 37.4 Å². The highest BCUT2D eigenvalue weighted by Gasteiger charge is 2.54. The molecule has 3 fully saturated rings. The first-order valence-corrected chi connectivity index (χ1v) is 6.98. The van der Waals surface area contributed by atoms with Crippen LogP contribution in [0.2, 0.25) is 0 Å². The summed E-state index contributed by atoms with van der Waals surface area (Å²) < 4.78 is 0. The average Bonchev–Trinajstić information content (AvgIpc) is 2.68. The Labute approximate surface area is 103 Å². The molecule has 2 saturated heterocycles. The van der Waals surface area contributed by atoms with Crippen molar-refractivity contribution in [1.29, 1.82) is 0 Å². The van der Waals surface area contributed by atoms with Crippen molar-refractivity contribution < 1.29 is 9.59 Å². The van der Waals surface area contributed by atoms with Crippen molar-refractivity contribution in [2.24, 2.45) is 11.8 Å². The summed E-state index contributed by atoms with van der Waals surface area (Å²) in [7, 11) is 0. The first-order valence-electron chi connectivity index (χ1n) is 6.98. The quantitative estimate of drug-likeness (QED) is 0.645. The zero-order chi connectivity index (χ0) is 12.0. The molecule has 0 aromatic carbocycles. The van der Waals surface area contributed by atoms with Gasteiger partial charge in [-0.05, 0) is 38.0 Å². The molecule has 0 aromatic rings. The van der Waals surface area contributed by atoms with Gasteiger partial charge in [-0.1, -0.05) is 6.92 Å². The lowest BCUT2D eigenvalue weighted by Gasteiger charge is -2.48. The summed E-state index contributed by atoms with van der Waals surface area (Å²) in [5.41, 5.74) is 0.0565. The molecule has 1 amide bonds. The predicted octanol–water partition coefficient (Wildman–Crippen LogP) is 2.15. The number of carbonyl (C=O) groups is 2. The molecule has 3 aliphatic rings. The largest absolute Gasteiger partial charge is 0.337 e. The molecule has 0 unspecified atom stereocenters. The second-order valence-electron chi connectivity index (χ2n) is 6.01. The summed E-state index contributed by atoms with van der Waals surface area (Å²) in [6.07, 6.45) is 6.59. The van der Waals surface area contributed by atoms with Gasteiger partial charge in [-0.25, -0.2) is 0 Å². The van der Waals surface area contributed by atoms with Gasteiger partial charge >= 0.3 is 0 Å². The molecule has 94 valence electrons. The first-order chi connectivity index (χ1) is 8.15. The number of Topliss-reactive ketones (excluding diaryl/α,β-unsaturated/α-hetero) is 1. The van der Waals surface area contributed by atoms with Crippen LogP contribution in [0.4, 0.5) is 0 Å². The van der Waals surface area contributed by atoms with Crippen LogP contribution in [-0.2, 0) is 9.59 Å². The number of amides is 1. The summed E-state index contributed by atoms with van der Waals surface area (Å²) in [5.74, 6) is 1.35. The Morgan fingerprint density at radius 1 is 1.18 bits per heavy atom. The Morgan fingerprint density at radius 3 is 2.82 bits per heavy atom. The molecule has 0 radical (unpaired) electrons. The lowest BCUT2D eigenvalue weighted by atomic mass is 9.64. The third-order valence-electron chi connectivity index (χ3n) is 5.34. The third-order valence-corrected chi connectivity index (χ3v) is 5.34. The molecule has 1 spiro atoms. The number of nitrogens with zero attached hydrogens (tertiary/aromatic N) is 1. The maximum atomic E-state index is 12.2. The third kappa shape index (κ3) is 1.47. The summed E-state index contributed by atoms with van der Waals surface area (Å²) in [4.78, 5) is 26.2. The number of hydrogen-bond acceptors (Lipinski definition) is 2. The lowest BCUT2D eigenvalue weighted by molar-refractivity contribution is -0.143. The fourth-order valence-electron chi connectivity index (χ4n) is 4.49. The minimum atomic E-state index is 0.0565. The summed E-state index contributed by atoms with van der Waals surface area (Å²) in [5, 5.41) is 0. The van der Waals surface area contributed by atoms with Gasteiger partial charge in [-0.2, -0.15) is 0 Å². The minimum absolute atomic E-state index is 0.0565. The van der Waals surface area contributed by atoms with Gasteiger partial charge in [0.05, 0.1) is 0 Å². The molecular weight excluding hydrogens is 214 g/mol. The van der Waals surface area contributed by atoms with Crippen LogP contribution in [-0.4, -0.2) is 28.7 Å². The SMILES string of the molecule is C[C@H]1C(=O)CC[C@@]23CCCN2C(=O)CCC[C@@H]13. The normalized spacial score (nSPS) is 42.1. The second kappa shape index (κ2) is 3.82. The van der Waals surface area contributed by atoms with Crippen LogP contribution >= 0.6 is 0 Å². The van der Waals surface area contributed by atoms with E-state index in [4.69, 9.17) is 0 Å². The predicted molar refractivity (Wildman–Crippen MR) is 64.4 cm³/mol. The zero-order valence-corrected chi connectivity index (χ0v) is 10.6. The van der Waals surface area contributed by atoms with Gasteiger partial charge in [-0.15, -0.1) is 0 Å². The number of carbonyl (C=O) groups excluding carboxylic acids is 2. The molecule has 3 rings (SSSR count). The fraction of sp³-hybridized carbons (Fsp3) is 0.857. The van der Waals surface area contributed by atoms with Gasteiger partial charge < -0.3 is 4.90 Å². The highest BCUT2D eigenvalue weighted by Crippen LogP contribution is 2.50. The van der Waals surface area contributed by atoms with Crippen LogP contribution in [0.15, 0.2) is 0 Å². The van der Waals surface area contributed by atoms with Crippen molar-refractivity contribution in [1.82, 2.24) is 4.90 Å². The van der Waals surface area contributed by atoms with Gasteiger partial charge in [0.1, 0.15) is 5.78 Å². The van der Waals surface area contributed by atoms with Crippen molar-refractivity contribution in [2.75, 3.05) is 6.54 Å². The molecule has 1 saturated carbocycles. The van der Waals surface area contributed by atoms with Crippen LogP contribution in [0.5, 0.6) is 0 Å². The van der Waals surface area contributed by atoms with E-state index in [1.54, 1.807) is 0 Å². The molecule has 3 heteroatoms. The van der Waals surface area contributed by atoms with Crippen molar-refractivity contribution in [3.8, 4) is 0 Å². The molecule has 2 aliphatic heterocycles. The van der Waals surface area contributed by atoms with Crippen LogP contribution < -0.4 is 0 Å². The van der Waals surface area contributed by atoms with Gasteiger partial charge in [0.15, 0.2) is 0 Å². The van der Waals surface area contributed by atoms with E-state index < -0.39 is 0 Å². The molecule has 2 heterocycles. The molecule has 3 atom stereocenters. The van der Waals surface area contributed by atoms with Crippen molar-refractivity contribution in [3.63, 3.8) is 0 Å². The van der Waals surface area contributed by atoms with E-state index >= 15 is 0 Å². The standard InChI is InChI=1S/C14H21NO2/c1-10-11-4-2-5-13(17)15-9-3-7-14(11,15)8-6-12(10)16/h10-11H,2-9H2,1H3/t10-,11+,14-/m1/s1. The Hall–Kier alpha value is -0.860. The van der Waals surface area contributed by atoms with Crippen LogP contribution in [0, 0.1) is 11.8 Å². The highest BCUT2D eigenvalue weighted by atomic mass is 16.2. The Kier molecular flexibility index (Phi) is 2.53. The van der Waals surface area contributed by atoms with Crippen LogP contribution in [0.3, 0.4) is 0 Å². The average molecular weight is 235 g/mol. The lowest BCUT2D eigenvalue weighted by Crippen LogP contribution is -2.56. The molecule has 17 heavy (non-hydrogen) atoms. The fourth-order valence-corrected chi connectivity index (χ4v) is 4.49. The Balaban J connectivity index is 2.01. The molecule has 0 N–H and O–H groups in total. The maximum absolute atomic E-state index is 12.2. The van der Waals surface area contributed by atoms with Gasteiger partial charge in [-0.3, -0.25) is 9.59 Å². The monoisotopic (exact) mass is 235 g/mol. The van der Waals surface area contributed by atoms with Crippen molar-refractivity contribution in [3.05, 3.63) is 0 Å². The summed E-state index contributed by atoms with van der Waals surface area (Å²) >= 11 is 0. The van der Waals surface area contributed by atoms with Gasteiger partial charge in [0.25, 0.3) is 0 Å². The maximum Gasteiger partial charge on any atom is 0.223 e. The zero-order valence-electron chi connectivity index (χ0n) is 10.6. The van der Waals surface area contributed by atoms with E-state index in [-0.39, 0.29) is 11.5 Å². The molecule has 1 aliphatic carbocycles. The number of rotatable bonds is 0. The minimum Gasteiger partial charge on any atom is -0.337 e. The van der Waals surface area contributed by atoms with Gasteiger partial charge in [0, 0.05) is 30.8 Å². The smallest absolute Gasteiger partial charge is 0.223 e. The van der Waals surface area contributed by atoms with Crippen molar-refractivity contribution in [2.45, 2.75) is 57.4 Å². The first kappa shape index (κ1) is 11.2. The van der Waals surface area contributed by atoms with Crippen LogP contribution in [0.25, 0.3) is 0 Å². The van der Waals surface area contributed by atoms with E-state index in [1.807, 2.05) is 0 Å². The molecule has 3 nitrogen and oxygen atoms in total. The number of ketones is 1. The van der Waals surface area contributed by atoms with Gasteiger partial charge in [0.2, 0.25) is 5.91 Å². The van der Waals surface area contributed by atoms with E-state index in [0.29, 0.717) is 30.4 Å². The van der Waals surface area contributed by atoms with E-state index in [2.05, 4.69) is 11.8 Å². The van der Waals surface area contributed by atoms with E-state index in [9.17, 15) is 9.59 Å². The Morgan fingerprint density at radius 2 is 2.00 bits per heavy atom. The van der Waals surface area contributed by atoms with E-state index in [1.165, 1.54) is 0 Å². The molecule has 0 bridgehead atoms.